The van der Waals surface area contributed by atoms with Crippen LogP contribution in [0.1, 0.15) is 12.8 Å². The van der Waals surface area contributed by atoms with Crippen LogP contribution in [0.15, 0.2) is 24.4 Å². The number of hydrogen-bond donors (Lipinski definition) is 3. The van der Waals surface area contributed by atoms with Crippen LogP contribution >= 0.6 is 22.9 Å². The summed E-state index contributed by atoms with van der Waals surface area (Å²) in [4.78, 5) is 5.81. The monoisotopic (exact) mass is 402 g/mol. The maximum atomic E-state index is 13.7. The second-order valence-corrected chi connectivity index (χ2v) is 7.55. The van der Waals surface area contributed by atoms with Crippen molar-refractivity contribution in [1.29, 1.82) is 0 Å². The minimum absolute atomic E-state index is 0.0665. The van der Waals surface area contributed by atoms with Crippen molar-refractivity contribution in [1.82, 2.24) is 15.6 Å². The van der Waals surface area contributed by atoms with Crippen LogP contribution in [0.3, 0.4) is 0 Å². The molecule has 2 aromatic rings. The van der Waals surface area contributed by atoms with Crippen LogP contribution in [0.2, 0.25) is 5.02 Å². The first-order chi connectivity index (χ1) is 12.5. The van der Waals surface area contributed by atoms with E-state index in [9.17, 15) is 13.9 Å². The highest BCUT2D eigenvalue weighted by molar-refractivity contribution is 7.14. The second kappa shape index (κ2) is 9.05. The predicted molar refractivity (Wildman–Crippen MR) is 100 cm³/mol. The SMILES string of the molecule is O[C@H]1CNC[C@@H]1NCCCCN(c1ncc(F)s1)c1cc(F)ccc1Cl. The number of hydrogen-bond acceptors (Lipinski definition) is 6. The van der Waals surface area contributed by atoms with Gasteiger partial charge >= 0.3 is 0 Å². The third kappa shape index (κ3) is 4.89. The quantitative estimate of drug-likeness (QED) is 0.593. The van der Waals surface area contributed by atoms with E-state index in [4.69, 9.17) is 11.6 Å². The molecule has 0 amide bonds. The molecular weight excluding hydrogens is 382 g/mol. The van der Waals surface area contributed by atoms with Gasteiger partial charge in [0.25, 0.3) is 0 Å². The Hall–Kier alpha value is -1.32. The molecule has 1 saturated heterocycles. The molecule has 0 radical (unpaired) electrons. The van der Waals surface area contributed by atoms with E-state index in [1.165, 1.54) is 18.2 Å². The number of halogens is 3. The molecule has 1 aliphatic heterocycles. The Balaban J connectivity index is 1.60. The van der Waals surface area contributed by atoms with Gasteiger partial charge in [0, 0.05) is 25.7 Å². The van der Waals surface area contributed by atoms with Crippen LogP contribution in [-0.2, 0) is 0 Å². The van der Waals surface area contributed by atoms with Gasteiger partial charge in [-0.05, 0) is 37.6 Å². The Labute approximate surface area is 160 Å². The van der Waals surface area contributed by atoms with Crippen molar-refractivity contribution in [3.8, 4) is 0 Å². The molecule has 2 atom stereocenters. The van der Waals surface area contributed by atoms with Crippen molar-refractivity contribution >= 4 is 33.8 Å². The molecule has 3 N–H and O–H groups in total. The molecule has 0 saturated carbocycles. The Bertz CT molecular complexity index is 733. The largest absolute Gasteiger partial charge is 0.390 e. The van der Waals surface area contributed by atoms with Crippen LogP contribution in [0.5, 0.6) is 0 Å². The minimum Gasteiger partial charge on any atom is -0.390 e. The van der Waals surface area contributed by atoms with Crippen LogP contribution < -0.4 is 15.5 Å². The van der Waals surface area contributed by atoms with Crippen molar-refractivity contribution in [3.63, 3.8) is 0 Å². The molecule has 0 bridgehead atoms. The van der Waals surface area contributed by atoms with Crippen molar-refractivity contribution < 1.29 is 13.9 Å². The van der Waals surface area contributed by atoms with Gasteiger partial charge in [0.2, 0.25) is 0 Å². The molecule has 1 aromatic carbocycles. The van der Waals surface area contributed by atoms with Crippen LogP contribution in [0.25, 0.3) is 0 Å². The number of β-amino-alcohol motifs (C(OH)–C–C–N with tert-alkyl or cyclic N) is 1. The number of benzene rings is 1. The summed E-state index contributed by atoms with van der Waals surface area (Å²) >= 11 is 7.12. The van der Waals surface area contributed by atoms with E-state index in [2.05, 4.69) is 15.6 Å². The van der Waals surface area contributed by atoms with E-state index in [0.717, 1.165) is 43.5 Å². The summed E-state index contributed by atoms with van der Waals surface area (Å²) < 4.78 is 27.1. The molecule has 1 aliphatic rings. The zero-order valence-corrected chi connectivity index (χ0v) is 15.7. The lowest BCUT2D eigenvalue weighted by Crippen LogP contribution is -2.39. The van der Waals surface area contributed by atoms with Crippen molar-refractivity contribution in [2.24, 2.45) is 0 Å². The van der Waals surface area contributed by atoms with E-state index < -0.39 is 10.9 Å². The summed E-state index contributed by atoms with van der Waals surface area (Å²) in [5.74, 6) is -0.407. The van der Waals surface area contributed by atoms with Crippen LogP contribution in [-0.4, -0.2) is 48.4 Å². The molecule has 142 valence electrons. The fourth-order valence-corrected chi connectivity index (χ4v) is 3.84. The summed E-state index contributed by atoms with van der Waals surface area (Å²) in [5, 5.41) is 16.6. The lowest BCUT2D eigenvalue weighted by Gasteiger charge is -2.23. The summed E-state index contributed by atoms with van der Waals surface area (Å²) in [6.45, 7) is 2.65. The standard InChI is InChI=1S/C17H21ClF2N4OS/c18-12-4-3-11(19)7-14(12)24(17-23-10-16(20)26-17)6-2-1-5-22-13-8-21-9-15(13)25/h3-4,7,10,13,15,21-22,25H,1-2,5-6,8-9H2/t13-,15-/m0/s1. The van der Waals surface area contributed by atoms with Gasteiger partial charge in [-0.2, -0.15) is 4.39 Å². The van der Waals surface area contributed by atoms with E-state index in [1.807, 2.05) is 0 Å². The summed E-state index contributed by atoms with van der Waals surface area (Å²) in [6.07, 6.45) is 2.41. The number of rotatable bonds is 8. The van der Waals surface area contributed by atoms with Crippen LogP contribution in [0.4, 0.5) is 19.6 Å². The first-order valence-corrected chi connectivity index (χ1v) is 9.70. The Morgan fingerprint density at radius 2 is 2.19 bits per heavy atom. The fraction of sp³-hybridized carbons (Fsp3) is 0.471. The van der Waals surface area contributed by atoms with Crippen molar-refractivity contribution in [3.05, 3.63) is 40.4 Å². The maximum absolute atomic E-state index is 13.7. The number of aromatic nitrogens is 1. The normalized spacial score (nSPS) is 19.8. The zero-order chi connectivity index (χ0) is 18.5. The predicted octanol–water partition coefficient (Wildman–Crippen LogP) is 2.92. The molecule has 9 heteroatoms. The average Bonchev–Trinajstić information content (AvgIpc) is 3.22. The Morgan fingerprint density at radius 1 is 1.35 bits per heavy atom. The number of aliphatic hydroxyl groups excluding tert-OH is 1. The summed E-state index contributed by atoms with van der Waals surface area (Å²) in [5.41, 5.74) is 0.476. The van der Waals surface area contributed by atoms with E-state index >= 15 is 0 Å². The molecule has 0 spiro atoms. The van der Waals surface area contributed by atoms with Gasteiger partial charge in [-0.25, -0.2) is 9.37 Å². The minimum atomic E-state index is -0.407. The third-order valence-corrected chi connectivity index (χ3v) is 5.42. The van der Waals surface area contributed by atoms with Gasteiger partial charge in [-0.1, -0.05) is 22.9 Å². The van der Waals surface area contributed by atoms with Gasteiger partial charge in [-0.15, -0.1) is 0 Å². The van der Waals surface area contributed by atoms with Gasteiger partial charge in [0.1, 0.15) is 5.82 Å². The highest BCUT2D eigenvalue weighted by atomic mass is 35.5. The number of thiazole rings is 1. The number of aliphatic hydroxyl groups is 1. The smallest absolute Gasteiger partial charge is 0.198 e. The first-order valence-electron chi connectivity index (χ1n) is 8.50. The summed E-state index contributed by atoms with van der Waals surface area (Å²) in [6, 6.07) is 4.17. The topological polar surface area (TPSA) is 60.4 Å². The first kappa shape index (κ1) is 19.4. The number of nitrogens with one attached hydrogen (secondary N) is 2. The summed E-state index contributed by atoms with van der Waals surface area (Å²) in [7, 11) is 0. The highest BCUT2D eigenvalue weighted by Gasteiger charge is 2.23. The van der Waals surface area contributed by atoms with Gasteiger partial charge in [-0.3, -0.25) is 0 Å². The number of unbranched alkanes of at least 4 members (excludes halogenated alkanes) is 1. The molecule has 26 heavy (non-hydrogen) atoms. The van der Waals surface area contributed by atoms with Crippen LogP contribution in [0, 0.1) is 10.9 Å². The molecule has 3 rings (SSSR count). The number of nitrogens with zero attached hydrogens (tertiary/aromatic N) is 2. The lowest BCUT2D eigenvalue weighted by atomic mass is 10.2. The second-order valence-electron chi connectivity index (χ2n) is 6.19. The Kier molecular flexibility index (Phi) is 6.77. The Morgan fingerprint density at radius 3 is 2.88 bits per heavy atom. The third-order valence-electron chi connectivity index (χ3n) is 4.29. The lowest BCUT2D eigenvalue weighted by molar-refractivity contribution is 0.163. The molecule has 0 unspecified atom stereocenters. The fourth-order valence-electron chi connectivity index (χ4n) is 2.94. The maximum Gasteiger partial charge on any atom is 0.198 e. The van der Waals surface area contributed by atoms with E-state index in [-0.39, 0.29) is 12.1 Å². The van der Waals surface area contributed by atoms with E-state index in [0.29, 0.717) is 28.9 Å². The van der Waals surface area contributed by atoms with Crippen molar-refractivity contribution in [2.45, 2.75) is 25.0 Å². The molecular formula is C17H21ClF2N4OS. The average molecular weight is 403 g/mol. The molecule has 1 aromatic heterocycles. The number of anilines is 2. The van der Waals surface area contributed by atoms with E-state index in [1.54, 1.807) is 4.90 Å². The van der Waals surface area contributed by atoms with Gasteiger partial charge in [0.05, 0.1) is 23.0 Å². The van der Waals surface area contributed by atoms with Crippen molar-refractivity contribution in [2.75, 3.05) is 31.1 Å². The molecule has 1 fully saturated rings. The molecule has 2 heterocycles. The van der Waals surface area contributed by atoms with Gasteiger partial charge < -0.3 is 20.6 Å². The molecule has 0 aliphatic carbocycles. The zero-order valence-electron chi connectivity index (χ0n) is 14.1. The molecule has 5 nitrogen and oxygen atoms in total. The highest BCUT2D eigenvalue weighted by Crippen LogP contribution is 2.34. The van der Waals surface area contributed by atoms with Gasteiger partial charge in [0.15, 0.2) is 10.3 Å².